The van der Waals surface area contributed by atoms with E-state index in [0.29, 0.717) is 6.04 Å². The van der Waals surface area contributed by atoms with E-state index in [1.54, 1.807) is 0 Å². The smallest absolute Gasteiger partial charge is 0.0314 e. The third kappa shape index (κ3) is 2.33. The number of nitrogens with two attached hydrogens (primary N) is 1. The molecule has 0 bridgehead atoms. The highest BCUT2D eigenvalue weighted by molar-refractivity contribution is 9.10. The average Bonchev–Trinajstić information content (AvgIpc) is 2.64. The Kier molecular flexibility index (Phi) is 3.06. The van der Waals surface area contributed by atoms with E-state index < -0.39 is 0 Å². The van der Waals surface area contributed by atoms with E-state index in [-0.39, 0.29) is 0 Å². The van der Waals surface area contributed by atoms with Gasteiger partial charge >= 0.3 is 0 Å². The number of hydrogen-bond donors (Lipinski definition) is 1. The van der Waals surface area contributed by atoms with Gasteiger partial charge in [-0.2, -0.15) is 0 Å². The fourth-order valence-electron chi connectivity index (χ4n) is 2.03. The summed E-state index contributed by atoms with van der Waals surface area (Å²) >= 11 is 5.42. The highest BCUT2D eigenvalue weighted by atomic mass is 79.9. The van der Waals surface area contributed by atoms with Crippen molar-refractivity contribution in [1.82, 2.24) is 0 Å². The maximum Gasteiger partial charge on any atom is 0.0314 e. The molecule has 13 heavy (non-hydrogen) atoms. The summed E-state index contributed by atoms with van der Waals surface area (Å²) in [6, 6.07) is 2.60. The van der Waals surface area contributed by atoms with Crippen LogP contribution in [0.3, 0.4) is 0 Å². The van der Waals surface area contributed by atoms with Crippen molar-refractivity contribution < 1.29 is 0 Å². The lowest BCUT2D eigenvalue weighted by Crippen LogP contribution is -2.15. The normalized spacial score (nSPS) is 28.2. The van der Waals surface area contributed by atoms with Crippen LogP contribution in [0.15, 0.2) is 15.9 Å². The van der Waals surface area contributed by atoms with E-state index in [0.717, 1.165) is 5.92 Å². The van der Waals surface area contributed by atoms with Crippen LogP contribution in [-0.2, 0) is 6.42 Å². The van der Waals surface area contributed by atoms with Crippen LogP contribution in [0.1, 0.15) is 24.1 Å². The topological polar surface area (TPSA) is 26.0 Å². The van der Waals surface area contributed by atoms with Gasteiger partial charge in [-0.3, -0.25) is 0 Å². The van der Waals surface area contributed by atoms with Crippen molar-refractivity contribution in [2.45, 2.75) is 31.7 Å². The van der Waals surface area contributed by atoms with E-state index in [9.17, 15) is 0 Å². The van der Waals surface area contributed by atoms with E-state index in [2.05, 4.69) is 27.4 Å². The molecular formula is C10H14BrNS. The lowest BCUT2D eigenvalue weighted by Gasteiger charge is -2.07. The van der Waals surface area contributed by atoms with Crippen LogP contribution in [0.4, 0.5) is 0 Å². The van der Waals surface area contributed by atoms with Crippen LogP contribution in [-0.4, -0.2) is 6.04 Å². The molecule has 1 aliphatic rings. The third-order valence-corrected chi connectivity index (χ3v) is 4.70. The van der Waals surface area contributed by atoms with Crippen LogP contribution < -0.4 is 5.73 Å². The summed E-state index contributed by atoms with van der Waals surface area (Å²) in [6.45, 7) is 0. The Morgan fingerprint density at radius 3 is 2.92 bits per heavy atom. The molecule has 1 nitrogen and oxygen atoms in total. The molecule has 2 atom stereocenters. The molecule has 2 N–H and O–H groups in total. The first kappa shape index (κ1) is 9.69. The minimum Gasteiger partial charge on any atom is -0.328 e. The molecule has 3 heteroatoms. The fraction of sp³-hybridized carbons (Fsp3) is 0.600. The zero-order valence-corrected chi connectivity index (χ0v) is 9.90. The molecule has 0 aromatic carbocycles. The Hall–Kier alpha value is 0.140. The molecule has 1 fully saturated rings. The Labute approximate surface area is 91.5 Å². The molecule has 0 amide bonds. The molecule has 1 aliphatic carbocycles. The lowest BCUT2D eigenvalue weighted by molar-refractivity contribution is 0.538. The van der Waals surface area contributed by atoms with Crippen LogP contribution in [0, 0.1) is 5.92 Å². The maximum absolute atomic E-state index is 5.88. The number of halogens is 1. The van der Waals surface area contributed by atoms with Crippen molar-refractivity contribution in [1.29, 1.82) is 0 Å². The summed E-state index contributed by atoms with van der Waals surface area (Å²) in [7, 11) is 0. The van der Waals surface area contributed by atoms with Gasteiger partial charge in [0.25, 0.3) is 0 Å². The molecule has 2 unspecified atom stereocenters. The Morgan fingerprint density at radius 2 is 2.38 bits per heavy atom. The van der Waals surface area contributed by atoms with Crippen molar-refractivity contribution in [3.8, 4) is 0 Å². The lowest BCUT2D eigenvalue weighted by atomic mass is 10.0. The second-order valence-electron chi connectivity index (χ2n) is 3.83. The van der Waals surface area contributed by atoms with E-state index in [1.807, 2.05) is 11.3 Å². The molecule has 1 aromatic rings. The Bertz CT molecular complexity index is 284. The SMILES string of the molecule is NC1CCC(Cc2sccc2Br)C1. The van der Waals surface area contributed by atoms with Gasteiger partial charge in [-0.15, -0.1) is 11.3 Å². The molecular weight excluding hydrogens is 246 g/mol. The number of hydrogen-bond acceptors (Lipinski definition) is 2. The molecule has 1 heterocycles. The largest absolute Gasteiger partial charge is 0.328 e. The van der Waals surface area contributed by atoms with E-state index in [4.69, 9.17) is 5.73 Å². The predicted molar refractivity (Wildman–Crippen MR) is 61.0 cm³/mol. The van der Waals surface area contributed by atoms with Gasteiger partial charge in [-0.1, -0.05) is 0 Å². The molecule has 0 radical (unpaired) electrons. The van der Waals surface area contributed by atoms with Crippen molar-refractivity contribution in [2.24, 2.45) is 11.7 Å². The standard InChI is InChI=1S/C10H14BrNS/c11-9-3-4-13-10(9)6-7-1-2-8(12)5-7/h3-4,7-8H,1-2,5-6,12H2. The summed E-state index contributed by atoms with van der Waals surface area (Å²) in [5.74, 6) is 0.824. The van der Waals surface area contributed by atoms with Crippen LogP contribution in [0.5, 0.6) is 0 Å². The van der Waals surface area contributed by atoms with Crippen LogP contribution in [0.25, 0.3) is 0 Å². The number of rotatable bonds is 2. The van der Waals surface area contributed by atoms with Crippen LogP contribution >= 0.6 is 27.3 Å². The third-order valence-electron chi connectivity index (χ3n) is 2.75. The molecule has 0 aliphatic heterocycles. The minimum atomic E-state index is 0.462. The Balaban J connectivity index is 1.95. The molecule has 0 saturated heterocycles. The summed E-state index contributed by atoms with van der Waals surface area (Å²) in [4.78, 5) is 1.49. The molecule has 1 aromatic heterocycles. The van der Waals surface area contributed by atoms with Gasteiger partial charge in [0.1, 0.15) is 0 Å². The fourth-order valence-corrected chi connectivity index (χ4v) is 3.66. The first-order valence-electron chi connectivity index (χ1n) is 4.73. The van der Waals surface area contributed by atoms with Gasteiger partial charge < -0.3 is 5.73 Å². The van der Waals surface area contributed by atoms with E-state index in [1.165, 1.54) is 35.0 Å². The van der Waals surface area contributed by atoms with E-state index >= 15 is 0 Å². The highest BCUT2D eigenvalue weighted by Gasteiger charge is 2.22. The monoisotopic (exact) mass is 259 g/mol. The van der Waals surface area contributed by atoms with Gasteiger partial charge in [0.15, 0.2) is 0 Å². The zero-order valence-electron chi connectivity index (χ0n) is 7.50. The summed E-state index contributed by atoms with van der Waals surface area (Å²) in [5, 5.41) is 2.15. The summed E-state index contributed by atoms with van der Waals surface area (Å²) in [5.41, 5.74) is 5.88. The quantitative estimate of drug-likeness (QED) is 0.868. The van der Waals surface area contributed by atoms with Crippen molar-refractivity contribution in [2.75, 3.05) is 0 Å². The predicted octanol–water partition coefficient (Wildman–Crippen LogP) is 3.18. The molecule has 0 spiro atoms. The van der Waals surface area contributed by atoms with Gasteiger partial charge in [0.2, 0.25) is 0 Å². The minimum absolute atomic E-state index is 0.462. The first-order chi connectivity index (χ1) is 6.25. The van der Waals surface area contributed by atoms with Crippen LogP contribution in [0.2, 0.25) is 0 Å². The van der Waals surface area contributed by atoms with Gasteiger partial charge in [-0.05, 0) is 59.0 Å². The number of thiophene rings is 1. The summed E-state index contributed by atoms with van der Waals surface area (Å²) in [6.07, 6.45) is 4.95. The van der Waals surface area contributed by atoms with Crippen molar-refractivity contribution in [3.05, 3.63) is 20.8 Å². The first-order valence-corrected chi connectivity index (χ1v) is 6.40. The average molecular weight is 260 g/mol. The molecule has 2 rings (SSSR count). The summed E-state index contributed by atoms with van der Waals surface area (Å²) < 4.78 is 1.28. The van der Waals surface area contributed by atoms with Crippen molar-refractivity contribution >= 4 is 27.3 Å². The van der Waals surface area contributed by atoms with Gasteiger partial charge in [0, 0.05) is 15.4 Å². The van der Waals surface area contributed by atoms with Gasteiger partial charge in [0.05, 0.1) is 0 Å². The second-order valence-corrected chi connectivity index (χ2v) is 5.69. The zero-order chi connectivity index (χ0) is 9.26. The second kappa shape index (κ2) is 4.11. The van der Waals surface area contributed by atoms with Crippen molar-refractivity contribution in [3.63, 3.8) is 0 Å². The highest BCUT2D eigenvalue weighted by Crippen LogP contribution is 2.32. The molecule has 1 saturated carbocycles. The molecule has 72 valence electrons. The maximum atomic E-state index is 5.88. The van der Waals surface area contributed by atoms with Gasteiger partial charge in [-0.25, -0.2) is 0 Å². The Morgan fingerprint density at radius 1 is 1.54 bits per heavy atom.